The highest BCUT2D eigenvalue weighted by Crippen LogP contribution is 2.44. The van der Waals surface area contributed by atoms with Crippen molar-refractivity contribution >= 4 is 17.6 Å². The molecule has 2 saturated heterocycles. The number of halogens is 2. The van der Waals surface area contributed by atoms with Crippen molar-refractivity contribution in [1.29, 1.82) is 0 Å². The number of hydrogen-bond donors (Lipinski definition) is 2. The molecule has 0 aliphatic carbocycles. The number of fused-ring (bicyclic) bond motifs is 2. The molecule has 0 aromatic heterocycles. The van der Waals surface area contributed by atoms with E-state index in [0.29, 0.717) is 12.8 Å². The van der Waals surface area contributed by atoms with E-state index in [0.717, 1.165) is 12.1 Å². The van der Waals surface area contributed by atoms with Crippen molar-refractivity contribution in [2.45, 2.75) is 25.0 Å². The number of amides is 1. The summed E-state index contributed by atoms with van der Waals surface area (Å²) < 4.78 is 31.4. The Morgan fingerprint density at radius 3 is 2.43 bits per heavy atom. The number of benzene rings is 1. The number of rotatable bonds is 3. The van der Waals surface area contributed by atoms with Crippen LogP contribution in [0.2, 0.25) is 0 Å². The lowest BCUT2D eigenvalue weighted by molar-refractivity contribution is -0.147. The van der Waals surface area contributed by atoms with Gasteiger partial charge in [0.25, 0.3) is 0 Å². The number of carbonyl (C=O) groups is 2. The minimum atomic E-state index is -1.08. The molecule has 3 rings (SSSR count). The number of carbonyl (C=O) groups excluding carboxylic acids is 1. The van der Waals surface area contributed by atoms with Crippen LogP contribution < -0.4 is 5.32 Å². The van der Waals surface area contributed by atoms with Crippen molar-refractivity contribution in [3.05, 3.63) is 29.8 Å². The first-order chi connectivity index (χ1) is 9.97. The van der Waals surface area contributed by atoms with Gasteiger partial charge >= 0.3 is 5.97 Å². The standard InChI is InChI=1S/C14H13F2NO4/c15-7-2-1-6(5-8(7)16)17-13(18)11-9-3-4-10(21-9)12(11)14(19)20/h1-2,5,9-12H,3-4H2,(H,17,18)(H,19,20)/t9-,10-,11-,12-/m1/s1. The third-order valence-electron chi connectivity index (χ3n) is 4.05. The second-order valence-electron chi connectivity index (χ2n) is 5.30. The van der Waals surface area contributed by atoms with E-state index in [1.54, 1.807) is 0 Å². The van der Waals surface area contributed by atoms with Gasteiger partial charge in [0.2, 0.25) is 5.91 Å². The number of anilines is 1. The molecule has 1 aromatic carbocycles. The minimum Gasteiger partial charge on any atom is -0.481 e. The highest BCUT2D eigenvalue weighted by Gasteiger charge is 2.55. The van der Waals surface area contributed by atoms with Crippen LogP contribution in [0.15, 0.2) is 18.2 Å². The van der Waals surface area contributed by atoms with E-state index in [9.17, 15) is 23.5 Å². The highest BCUT2D eigenvalue weighted by atomic mass is 19.2. The van der Waals surface area contributed by atoms with Gasteiger partial charge in [-0.25, -0.2) is 8.78 Å². The Bertz CT molecular complexity index is 607. The summed E-state index contributed by atoms with van der Waals surface area (Å²) in [6.07, 6.45) is 0.371. The van der Waals surface area contributed by atoms with Crippen molar-refractivity contribution in [3.8, 4) is 0 Å². The quantitative estimate of drug-likeness (QED) is 0.891. The zero-order chi connectivity index (χ0) is 15.1. The molecule has 2 aliphatic rings. The van der Waals surface area contributed by atoms with Gasteiger partial charge in [-0.3, -0.25) is 9.59 Å². The largest absolute Gasteiger partial charge is 0.481 e. The first-order valence-electron chi connectivity index (χ1n) is 6.61. The Balaban J connectivity index is 1.78. The fourth-order valence-corrected chi connectivity index (χ4v) is 3.12. The van der Waals surface area contributed by atoms with E-state index < -0.39 is 47.6 Å². The Morgan fingerprint density at radius 2 is 1.81 bits per heavy atom. The molecule has 7 heteroatoms. The van der Waals surface area contributed by atoms with Crippen LogP contribution in [-0.4, -0.2) is 29.2 Å². The molecule has 2 heterocycles. The zero-order valence-corrected chi connectivity index (χ0v) is 10.9. The maximum absolute atomic E-state index is 13.1. The maximum Gasteiger partial charge on any atom is 0.310 e. The Kier molecular flexibility index (Phi) is 3.36. The smallest absolute Gasteiger partial charge is 0.310 e. The van der Waals surface area contributed by atoms with Crippen LogP contribution in [0.4, 0.5) is 14.5 Å². The lowest BCUT2D eigenvalue weighted by Crippen LogP contribution is -2.40. The molecule has 2 N–H and O–H groups in total. The molecular weight excluding hydrogens is 284 g/mol. The summed E-state index contributed by atoms with van der Waals surface area (Å²) in [7, 11) is 0. The molecule has 1 aromatic rings. The lowest BCUT2D eigenvalue weighted by Gasteiger charge is -2.23. The number of carboxylic acid groups (broad SMARTS) is 1. The second kappa shape index (κ2) is 5.07. The van der Waals surface area contributed by atoms with E-state index in [4.69, 9.17) is 4.74 Å². The number of aliphatic carboxylic acids is 1. The van der Waals surface area contributed by atoms with Gasteiger partial charge in [-0.05, 0) is 25.0 Å². The highest BCUT2D eigenvalue weighted by molar-refractivity contribution is 5.96. The predicted octanol–water partition coefficient (Wildman–Crippen LogP) is 1.78. The van der Waals surface area contributed by atoms with Crippen molar-refractivity contribution in [3.63, 3.8) is 0 Å². The summed E-state index contributed by atoms with van der Waals surface area (Å²) in [5.74, 6) is -5.41. The average Bonchev–Trinajstić information content (AvgIpc) is 3.03. The first kappa shape index (κ1) is 13.9. The second-order valence-corrected chi connectivity index (χ2v) is 5.30. The number of carboxylic acids is 1. The van der Waals surface area contributed by atoms with Gasteiger partial charge in [-0.15, -0.1) is 0 Å². The Morgan fingerprint density at radius 1 is 1.14 bits per heavy atom. The molecule has 2 bridgehead atoms. The molecule has 0 spiro atoms. The first-order valence-corrected chi connectivity index (χ1v) is 6.61. The van der Waals surface area contributed by atoms with E-state index >= 15 is 0 Å². The van der Waals surface area contributed by atoms with Gasteiger partial charge < -0.3 is 15.2 Å². The van der Waals surface area contributed by atoms with Crippen molar-refractivity contribution in [1.82, 2.24) is 0 Å². The fraction of sp³-hybridized carbons (Fsp3) is 0.429. The molecule has 2 fully saturated rings. The van der Waals surface area contributed by atoms with Gasteiger partial charge in [0.1, 0.15) is 0 Å². The summed E-state index contributed by atoms with van der Waals surface area (Å²) in [6.45, 7) is 0. The predicted molar refractivity (Wildman–Crippen MR) is 67.5 cm³/mol. The van der Waals surface area contributed by atoms with Crippen LogP contribution in [0.5, 0.6) is 0 Å². The third-order valence-corrected chi connectivity index (χ3v) is 4.05. The van der Waals surface area contributed by atoms with Gasteiger partial charge in [0.05, 0.1) is 24.0 Å². The van der Waals surface area contributed by atoms with Gasteiger partial charge in [0, 0.05) is 11.8 Å². The van der Waals surface area contributed by atoms with Crippen molar-refractivity contribution in [2.24, 2.45) is 11.8 Å². The summed E-state index contributed by atoms with van der Waals surface area (Å²) in [5.41, 5.74) is 0.0887. The number of ether oxygens (including phenoxy) is 1. The van der Waals surface area contributed by atoms with Crippen LogP contribution >= 0.6 is 0 Å². The summed E-state index contributed by atoms with van der Waals surface area (Å²) in [5, 5.41) is 11.7. The zero-order valence-electron chi connectivity index (χ0n) is 10.9. The van der Waals surface area contributed by atoms with Crippen molar-refractivity contribution < 1.29 is 28.2 Å². The monoisotopic (exact) mass is 297 g/mol. The van der Waals surface area contributed by atoms with Crippen LogP contribution in [0.3, 0.4) is 0 Å². The van der Waals surface area contributed by atoms with Crippen LogP contribution in [0.25, 0.3) is 0 Å². The van der Waals surface area contributed by atoms with E-state index in [-0.39, 0.29) is 5.69 Å². The van der Waals surface area contributed by atoms with E-state index in [1.165, 1.54) is 6.07 Å². The van der Waals surface area contributed by atoms with E-state index in [1.807, 2.05) is 0 Å². The van der Waals surface area contributed by atoms with Gasteiger partial charge in [-0.2, -0.15) is 0 Å². The maximum atomic E-state index is 13.1. The third kappa shape index (κ3) is 2.37. The molecule has 0 unspecified atom stereocenters. The van der Waals surface area contributed by atoms with Crippen molar-refractivity contribution in [2.75, 3.05) is 5.32 Å². The van der Waals surface area contributed by atoms with Gasteiger partial charge in [0.15, 0.2) is 11.6 Å². The Hall–Kier alpha value is -2.02. The molecule has 1 amide bonds. The fourth-order valence-electron chi connectivity index (χ4n) is 3.12. The summed E-state index contributed by atoms with van der Waals surface area (Å²) in [4.78, 5) is 23.5. The van der Waals surface area contributed by atoms with E-state index in [2.05, 4.69) is 5.32 Å². The van der Waals surface area contributed by atoms with Gasteiger partial charge in [-0.1, -0.05) is 0 Å². The molecule has 0 saturated carbocycles. The molecule has 112 valence electrons. The normalized spacial score (nSPS) is 30.4. The summed E-state index contributed by atoms with van der Waals surface area (Å²) in [6, 6.07) is 2.98. The molecule has 4 atom stereocenters. The minimum absolute atomic E-state index is 0.0887. The molecular formula is C14H13F2NO4. The van der Waals surface area contributed by atoms with Crippen LogP contribution in [-0.2, 0) is 14.3 Å². The Labute approximate surface area is 118 Å². The SMILES string of the molecule is O=C(O)[C@H]1[C@H](C(=O)Nc2ccc(F)c(F)c2)[C@H]2CC[C@H]1O2. The molecule has 21 heavy (non-hydrogen) atoms. The number of nitrogens with one attached hydrogen (secondary N) is 1. The topological polar surface area (TPSA) is 75.6 Å². The number of hydrogen-bond acceptors (Lipinski definition) is 3. The van der Waals surface area contributed by atoms with Crippen LogP contribution in [0.1, 0.15) is 12.8 Å². The molecule has 5 nitrogen and oxygen atoms in total. The average molecular weight is 297 g/mol. The van der Waals surface area contributed by atoms with Crippen LogP contribution in [0, 0.1) is 23.5 Å². The summed E-state index contributed by atoms with van der Waals surface area (Å²) >= 11 is 0. The molecule has 2 aliphatic heterocycles. The molecule has 0 radical (unpaired) electrons. The lowest BCUT2D eigenvalue weighted by atomic mass is 9.78.